The van der Waals surface area contributed by atoms with Crippen LogP contribution < -0.4 is 10.6 Å². The second-order valence-electron chi connectivity index (χ2n) is 6.55. The van der Waals surface area contributed by atoms with Crippen LogP contribution in [0.15, 0.2) is 41.6 Å². The van der Waals surface area contributed by atoms with Crippen LogP contribution in [-0.4, -0.2) is 38.9 Å². The van der Waals surface area contributed by atoms with Crippen LogP contribution in [0.2, 0.25) is 20.1 Å². The van der Waals surface area contributed by atoms with Gasteiger partial charge in [0.1, 0.15) is 5.82 Å². The van der Waals surface area contributed by atoms with Crippen molar-refractivity contribution in [3.63, 3.8) is 0 Å². The minimum atomic E-state index is -0.267. The topological polar surface area (TPSA) is 88.9 Å². The predicted octanol–water partition coefficient (Wildman–Crippen LogP) is 5.13. The van der Waals surface area contributed by atoms with Gasteiger partial charge in [0.2, 0.25) is 5.91 Å². The molecule has 3 aromatic rings. The van der Waals surface area contributed by atoms with Crippen molar-refractivity contribution in [1.29, 1.82) is 0 Å². The van der Waals surface area contributed by atoms with Crippen molar-refractivity contribution in [2.75, 3.05) is 17.6 Å². The molecule has 0 bridgehead atoms. The summed E-state index contributed by atoms with van der Waals surface area (Å²) >= 11 is 25.0. The fraction of sp³-hybridized carbons (Fsp3) is 0.200. The normalized spacial score (nSPS) is 10.8. The number of rotatable bonds is 8. The van der Waals surface area contributed by atoms with Gasteiger partial charge in [0.15, 0.2) is 5.16 Å². The summed E-state index contributed by atoms with van der Waals surface area (Å²) in [6.45, 7) is 0.351. The van der Waals surface area contributed by atoms with Crippen LogP contribution in [0.25, 0.3) is 0 Å². The Morgan fingerprint density at radius 3 is 2.50 bits per heavy atom. The number of carbonyl (C=O) groups excluding carboxylic acids is 2. The van der Waals surface area contributed by atoms with Gasteiger partial charge in [-0.3, -0.25) is 9.59 Å². The Balaban J connectivity index is 1.49. The van der Waals surface area contributed by atoms with Gasteiger partial charge in [-0.25, -0.2) is 0 Å². The molecule has 0 saturated carbocycles. The lowest BCUT2D eigenvalue weighted by Crippen LogP contribution is -2.26. The van der Waals surface area contributed by atoms with Crippen molar-refractivity contribution in [1.82, 2.24) is 20.1 Å². The van der Waals surface area contributed by atoms with Gasteiger partial charge in [0, 0.05) is 30.6 Å². The summed E-state index contributed by atoms with van der Waals surface area (Å²) in [4.78, 5) is 24.5. The molecule has 2 amide bonds. The first-order chi connectivity index (χ1) is 15.2. The van der Waals surface area contributed by atoms with Crippen molar-refractivity contribution in [2.45, 2.75) is 11.6 Å². The van der Waals surface area contributed by atoms with Gasteiger partial charge in [-0.2, -0.15) is 0 Å². The highest BCUT2D eigenvalue weighted by Crippen LogP contribution is 2.26. The zero-order valence-corrected chi connectivity index (χ0v) is 20.5. The standard InChI is InChI=1S/C20H17Cl4N5O2S/c1-29-17(6-7-25-19(31)11-2-4-13(22)15(24)8-11)27-28-20(29)32-10-18(30)26-16-9-12(21)3-5-14(16)23/h2-5,8-9H,6-7,10H2,1H3,(H,25,31)(H,26,30). The molecule has 0 spiro atoms. The van der Waals surface area contributed by atoms with Crippen LogP contribution in [0.1, 0.15) is 16.2 Å². The average molecular weight is 533 g/mol. The Morgan fingerprint density at radius 1 is 1.00 bits per heavy atom. The van der Waals surface area contributed by atoms with E-state index in [1.54, 1.807) is 41.9 Å². The Hall–Kier alpha value is -1.97. The summed E-state index contributed by atoms with van der Waals surface area (Å²) in [5.41, 5.74) is 0.862. The summed E-state index contributed by atoms with van der Waals surface area (Å²) in [5, 5.41) is 15.9. The SMILES string of the molecule is Cn1c(CCNC(=O)c2ccc(Cl)c(Cl)c2)nnc1SCC(=O)Nc1cc(Cl)ccc1Cl. The molecule has 7 nitrogen and oxygen atoms in total. The lowest BCUT2D eigenvalue weighted by atomic mass is 10.2. The number of hydrogen-bond acceptors (Lipinski definition) is 5. The third-order valence-electron chi connectivity index (χ3n) is 4.28. The molecule has 12 heteroatoms. The molecule has 1 aromatic heterocycles. The van der Waals surface area contributed by atoms with Gasteiger partial charge in [-0.1, -0.05) is 58.2 Å². The van der Waals surface area contributed by atoms with Crippen molar-refractivity contribution >= 4 is 75.7 Å². The minimum Gasteiger partial charge on any atom is -0.352 e. The second kappa shape index (κ2) is 11.2. The number of halogens is 4. The number of nitrogens with zero attached hydrogens (tertiary/aromatic N) is 3. The Kier molecular flexibility index (Phi) is 8.67. The van der Waals surface area contributed by atoms with Crippen LogP contribution in [0, 0.1) is 0 Å². The molecule has 2 aromatic carbocycles. The van der Waals surface area contributed by atoms with Crippen LogP contribution >= 0.6 is 58.2 Å². The second-order valence-corrected chi connectivity index (χ2v) is 9.15. The molecule has 2 N–H and O–H groups in total. The van der Waals surface area contributed by atoms with E-state index < -0.39 is 0 Å². The monoisotopic (exact) mass is 531 g/mol. The molecule has 0 atom stereocenters. The van der Waals surface area contributed by atoms with Crippen molar-refractivity contribution in [3.8, 4) is 0 Å². The summed E-state index contributed by atoms with van der Waals surface area (Å²) in [5.74, 6) is 0.262. The van der Waals surface area contributed by atoms with E-state index >= 15 is 0 Å². The highest BCUT2D eigenvalue weighted by atomic mass is 35.5. The van der Waals surface area contributed by atoms with E-state index in [0.717, 1.165) is 0 Å². The average Bonchev–Trinajstić information content (AvgIpc) is 3.10. The van der Waals surface area contributed by atoms with Gasteiger partial charge in [0.25, 0.3) is 5.91 Å². The molecule has 32 heavy (non-hydrogen) atoms. The lowest BCUT2D eigenvalue weighted by Gasteiger charge is -2.08. The van der Waals surface area contributed by atoms with Gasteiger partial charge in [0.05, 0.1) is 26.5 Å². The van der Waals surface area contributed by atoms with Crippen LogP contribution in [0.4, 0.5) is 5.69 Å². The maximum absolute atomic E-state index is 12.2. The molecule has 3 rings (SSSR count). The Labute approximate surface area is 208 Å². The zero-order chi connectivity index (χ0) is 23.3. The molecule has 0 radical (unpaired) electrons. The highest BCUT2D eigenvalue weighted by molar-refractivity contribution is 7.99. The van der Waals surface area contributed by atoms with Crippen molar-refractivity contribution in [2.24, 2.45) is 7.05 Å². The third-order valence-corrected chi connectivity index (χ3v) is 6.60. The molecule has 0 aliphatic carbocycles. The molecular formula is C20H17Cl4N5O2S. The lowest BCUT2D eigenvalue weighted by molar-refractivity contribution is -0.113. The van der Waals surface area contributed by atoms with E-state index in [9.17, 15) is 9.59 Å². The number of benzene rings is 2. The van der Waals surface area contributed by atoms with E-state index in [0.29, 0.717) is 55.3 Å². The molecular weight excluding hydrogens is 516 g/mol. The predicted molar refractivity (Wildman–Crippen MR) is 129 cm³/mol. The largest absolute Gasteiger partial charge is 0.352 e. The number of amides is 2. The molecule has 0 fully saturated rings. The number of anilines is 1. The summed E-state index contributed by atoms with van der Waals surface area (Å²) < 4.78 is 1.77. The fourth-order valence-electron chi connectivity index (χ4n) is 2.63. The van der Waals surface area contributed by atoms with E-state index in [1.165, 1.54) is 17.8 Å². The molecule has 168 valence electrons. The van der Waals surface area contributed by atoms with Gasteiger partial charge in [-0.15, -0.1) is 10.2 Å². The van der Waals surface area contributed by atoms with Crippen LogP contribution in [0.5, 0.6) is 0 Å². The molecule has 1 heterocycles. The summed E-state index contributed by atoms with van der Waals surface area (Å²) in [6, 6.07) is 9.52. The third kappa shape index (κ3) is 6.52. The Morgan fingerprint density at radius 2 is 1.75 bits per heavy atom. The molecule has 0 aliphatic rings. The smallest absolute Gasteiger partial charge is 0.251 e. The zero-order valence-electron chi connectivity index (χ0n) is 16.7. The first-order valence-electron chi connectivity index (χ1n) is 9.24. The summed E-state index contributed by atoms with van der Waals surface area (Å²) in [7, 11) is 1.80. The molecule has 0 unspecified atom stereocenters. The minimum absolute atomic E-state index is 0.114. The maximum atomic E-state index is 12.2. The number of carbonyl (C=O) groups is 2. The number of hydrogen-bond donors (Lipinski definition) is 2. The van der Waals surface area contributed by atoms with Crippen LogP contribution in [-0.2, 0) is 18.3 Å². The first kappa shape index (κ1) is 24.7. The van der Waals surface area contributed by atoms with E-state index in [4.69, 9.17) is 46.4 Å². The maximum Gasteiger partial charge on any atom is 0.251 e. The van der Waals surface area contributed by atoms with Gasteiger partial charge in [-0.05, 0) is 36.4 Å². The van der Waals surface area contributed by atoms with Gasteiger partial charge < -0.3 is 15.2 Å². The highest BCUT2D eigenvalue weighted by Gasteiger charge is 2.14. The first-order valence-corrected chi connectivity index (χ1v) is 11.7. The molecule has 0 saturated heterocycles. The van der Waals surface area contributed by atoms with E-state index in [1.807, 2.05) is 0 Å². The van der Waals surface area contributed by atoms with E-state index in [-0.39, 0.29) is 17.6 Å². The fourth-order valence-corrected chi connectivity index (χ4v) is 3.99. The molecule has 0 aliphatic heterocycles. The van der Waals surface area contributed by atoms with Crippen LogP contribution in [0.3, 0.4) is 0 Å². The van der Waals surface area contributed by atoms with Gasteiger partial charge >= 0.3 is 0 Å². The number of nitrogens with one attached hydrogen (secondary N) is 2. The summed E-state index contributed by atoms with van der Waals surface area (Å²) in [6.07, 6.45) is 0.460. The number of thioether (sulfide) groups is 1. The quantitative estimate of drug-likeness (QED) is 0.392. The van der Waals surface area contributed by atoms with Crippen molar-refractivity contribution < 1.29 is 9.59 Å². The van der Waals surface area contributed by atoms with E-state index in [2.05, 4.69) is 20.8 Å². The number of aromatic nitrogens is 3. The Bertz CT molecular complexity index is 1160. The van der Waals surface area contributed by atoms with Crippen molar-refractivity contribution in [3.05, 3.63) is 67.9 Å².